The van der Waals surface area contributed by atoms with Crippen LogP contribution < -0.4 is 5.73 Å². The lowest BCUT2D eigenvalue weighted by Crippen LogP contribution is -2.38. The number of carbonyl (C=O) groups excluding carboxylic acids is 2. The van der Waals surface area contributed by atoms with E-state index in [1.54, 1.807) is 4.90 Å². The van der Waals surface area contributed by atoms with Crippen molar-refractivity contribution in [2.75, 3.05) is 26.2 Å². The van der Waals surface area contributed by atoms with Gasteiger partial charge in [0.25, 0.3) is 0 Å². The number of esters is 2. The Labute approximate surface area is 143 Å². The third kappa shape index (κ3) is 9.27. The van der Waals surface area contributed by atoms with Crippen molar-refractivity contribution >= 4 is 11.9 Å². The van der Waals surface area contributed by atoms with Crippen LogP contribution in [-0.4, -0.2) is 48.6 Å². The monoisotopic (exact) mass is 336 g/mol. The van der Waals surface area contributed by atoms with Gasteiger partial charge in [0, 0.05) is 19.6 Å². The number of ether oxygens (including phenoxy) is 2. The molecule has 1 rings (SSSR count). The molecule has 0 radical (unpaired) electrons. The molecule has 0 aromatic heterocycles. The van der Waals surface area contributed by atoms with Crippen LogP contribution in [0.2, 0.25) is 0 Å². The van der Waals surface area contributed by atoms with Gasteiger partial charge in [-0.3, -0.25) is 14.5 Å². The maximum Gasteiger partial charge on any atom is 0.320 e. The van der Waals surface area contributed by atoms with Crippen LogP contribution in [0.15, 0.2) is 30.3 Å². The molecule has 0 amide bonds. The predicted molar refractivity (Wildman–Crippen MR) is 92.2 cm³/mol. The Hall–Kier alpha value is -1.92. The van der Waals surface area contributed by atoms with E-state index in [1.165, 1.54) is 0 Å². The molecule has 6 nitrogen and oxygen atoms in total. The lowest BCUT2D eigenvalue weighted by molar-refractivity contribution is -0.157. The van der Waals surface area contributed by atoms with E-state index in [2.05, 4.69) is 0 Å². The molecule has 0 aliphatic carbocycles. The van der Waals surface area contributed by atoms with Crippen LogP contribution in [0.1, 0.15) is 32.8 Å². The first-order valence-electron chi connectivity index (χ1n) is 8.14. The fraction of sp³-hybridized carbons (Fsp3) is 0.556. The first-order chi connectivity index (χ1) is 11.3. The number of nitrogens with two attached hydrogens (primary N) is 1. The molecule has 0 spiro atoms. The highest BCUT2D eigenvalue weighted by Gasteiger charge is 2.19. The summed E-state index contributed by atoms with van der Waals surface area (Å²) in [6, 6.07) is 9.50. The van der Waals surface area contributed by atoms with Crippen LogP contribution >= 0.6 is 0 Å². The van der Waals surface area contributed by atoms with Gasteiger partial charge in [-0.25, -0.2) is 0 Å². The Kier molecular flexibility index (Phi) is 8.43. The fourth-order valence-electron chi connectivity index (χ4n) is 2.07. The minimum Gasteiger partial charge on any atom is -0.461 e. The van der Waals surface area contributed by atoms with Gasteiger partial charge >= 0.3 is 11.9 Å². The maximum atomic E-state index is 11.9. The Morgan fingerprint density at radius 3 is 2.33 bits per heavy atom. The van der Waals surface area contributed by atoms with Crippen molar-refractivity contribution in [3.8, 4) is 0 Å². The molecule has 1 aromatic carbocycles. The summed E-state index contributed by atoms with van der Waals surface area (Å²) in [5.41, 5.74) is 5.98. The second kappa shape index (κ2) is 10.1. The average Bonchev–Trinajstić information content (AvgIpc) is 2.50. The Balaban J connectivity index is 2.36. The van der Waals surface area contributed by atoms with Crippen molar-refractivity contribution in [3.63, 3.8) is 0 Å². The molecular weight excluding hydrogens is 308 g/mol. The molecule has 0 bridgehead atoms. The molecular formula is C18H28N2O4. The highest BCUT2D eigenvalue weighted by Crippen LogP contribution is 2.08. The van der Waals surface area contributed by atoms with E-state index in [0.29, 0.717) is 19.6 Å². The summed E-state index contributed by atoms with van der Waals surface area (Å²) < 4.78 is 10.5. The number of rotatable bonds is 9. The summed E-state index contributed by atoms with van der Waals surface area (Å²) in [6.45, 7) is 7.15. The summed E-state index contributed by atoms with van der Waals surface area (Å²) in [4.78, 5) is 25.5. The fourth-order valence-corrected chi connectivity index (χ4v) is 2.07. The number of hydrogen-bond acceptors (Lipinski definition) is 6. The second-order valence-electron chi connectivity index (χ2n) is 6.55. The molecule has 0 saturated heterocycles. The summed E-state index contributed by atoms with van der Waals surface area (Å²) in [5.74, 6) is -0.626. The highest BCUT2D eigenvalue weighted by atomic mass is 16.6. The van der Waals surface area contributed by atoms with E-state index in [9.17, 15) is 9.59 Å². The minimum absolute atomic E-state index is 0.112. The zero-order chi connectivity index (χ0) is 18.0. The predicted octanol–water partition coefficient (Wildman–Crippen LogP) is 1.72. The van der Waals surface area contributed by atoms with Crippen molar-refractivity contribution in [2.45, 2.75) is 39.4 Å². The van der Waals surface area contributed by atoms with E-state index < -0.39 is 5.60 Å². The number of hydrogen-bond donors (Lipinski definition) is 1. The van der Waals surface area contributed by atoms with Gasteiger partial charge in [-0.1, -0.05) is 30.3 Å². The Morgan fingerprint density at radius 2 is 1.75 bits per heavy atom. The van der Waals surface area contributed by atoms with E-state index in [0.717, 1.165) is 5.56 Å². The van der Waals surface area contributed by atoms with Crippen molar-refractivity contribution in [1.82, 2.24) is 4.90 Å². The van der Waals surface area contributed by atoms with Gasteiger partial charge in [0.15, 0.2) is 0 Å². The quantitative estimate of drug-likeness (QED) is 0.692. The topological polar surface area (TPSA) is 81.9 Å². The molecule has 0 unspecified atom stereocenters. The summed E-state index contributed by atoms with van der Waals surface area (Å²) >= 11 is 0. The zero-order valence-electron chi connectivity index (χ0n) is 14.8. The summed E-state index contributed by atoms with van der Waals surface area (Å²) in [6.07, 6.45) is 0.204. The van der Waals surface area contributed by atoms with Crippen LogP contribution in [0.5, 0.6) is 0 Å². The standard InChI is InChI=1S/C18H28N2O4/c1-18(2,3)24-17(22)13-20(12-10-19)11-9-16(21)23-14-15-7-5-4-6-8-15/h4-8H,9-14,19H2,1-3H3. The number of benzene rings is 1. The molecule has 24 heavy (non-hydrogen) atoms. The second-order valence-corrected chi connectivity index (χ2v) is 6.55. The normalized spacial score (nSPS) is 11.4. The van der Waals surface area contributed by atoms with Crippen LogP contribution in [-0.2, 0) is 25.7 Å². The van der Waals surface area contributed by atoms with Crippen molar-refractivity contribution < 1.29 is 19.1 Å². The Morgan fingerprint density at radius 1 is 1.08 bits per heavy atom. The van der Waals surface area contributed by atoms with Gasteiger partial charge in [0.1, 0.15) is 12.2 Å². The molecule has 0 aliphatic rings. The largest absolute Gasteiger partial charge is 0.461 e. The highest BCUT2D eigenvalue weighted by molar-refractivity contribution is 5.72. The van der Waals surface area contributed by atoms with E-state index in [-0.39, 0.29) is 31.5 Å². The van der Waals surface area contributed by atoms with Gasteiger partial charge in [-0.15, -0.1) is 0 Å². The smallest absolute Gasteiger partial charge is 0.320 e. The average molecular weight is 336 g/mol. The van der Waals surface area contributed by atoms with E-state index in [4.69, 9.17) is 15.2 Å². The van der Waals surface area contributed by atoms with Gasteiger partial charge in [-0.05, 0) is 26.3 Å². The van der Waals surface area contributed by atoms with E-state index in [1.807, 2.05) is 51.1 Å². The summed E-state index contributed by atoms with van der Waals surface area (Å²) in [5, 5.41) is 0. The van der Waals surface area contributed by atoms with Crippen LogP contribution in [0.3, 0.4) is 0 Å². The van der Waals surface area contributed by atoms with Crippen molar-refractivity contribution in [2.24, 2.45) is 5.73 Å². The third-order valence-electron chi connectivity index (χ3n) is 3.09. The lowest BCUT2D eigenvalue weighted by Gasteiger charge is -2.24. The molecule has 0 atom stereocenters. The van der Waals surface area contributed by atoms with Crippen molar-refractivity contribution in [3.05, 3.63) is 35.9 Å². The lowest BCUT2D eigenvalue weighted by atomic mass is 10.2. The first kappa shape index (κ1) is 20.1. The van der Waals surface area contributed by atoms with Gasteiger partial charge in [0.2, 0.25) is 0 Å². The molecule has 134 valence electrons. The molecule has 0 saturated carbocycles. The molecule has 0 heterocycles. The molecule has 2 N–H and O–H groups in total. The summed E-state index contributed by atoms with van der Waals surface area (Å²) in [7, 11) is 0. The molecule has 0 aliphatic heterocycles. The van der Waals surface area contributed by atoms with Gasteiger partial charge in [-0.2, -0.15) is 0 Å². The Bertz CT molecular complexity index is 512. The van der Waals surface area contributed by atoms with Crippen LogP contribution in [0, 0.1) is 0 Å². The van der Waals surface area contributed by atoms with Crippen LogP contribution in [0.4, 0.5) is 0 Å². The maximum absolute atomic E-state index is 11.9. The minimum atomic E-state index is -0.528. The number of nitrogens with zero attached hydrogens (tertiary/aromatic N) is 1. The molecule has 0 fully saturated rings. The zero-order valence-corrected chi connectivity index (χ0v) is 14.8. The SMILES string of the molecule is CC(C)(C)OC(=O)CN(CCN)CCC(=O)OCc1ccccc1. The van der Waals surface area contributed by atoms with Crippen molar-refractivity contribution in [1.29, 1.82) is 0 Å². The van der Waals surface area contributed by atoms with Gasteiger partial charge < -0.3 is 15.2 Å². The first-order valence-corrected chi connectivity index (χ1v) is 8.14. The van der Waals surface area contributed by atoms with E-state index >= 15 is 0 Å². The third-order valence-corrected chi connectivity index (χ3v) is 3.09. The van der Waals surface area contributed by atoms with Gasteiger partial charge in [0.05, 0.1) is 13.0 Å². The molecule has 1 aromatic rings. The van der Waals surface area contributed by atoms with Crippen LogP contribution in [0.25, 0.3) is 0 Å². The molecule has 6 heteroatoms. The number of carbonyl (C=O) groups is 2.